The molecule has 94 valence electrons. The molecule has 0 saturated carbocycles. The van der Waals surface area contributed by atoms with Crippen molar-refractivity contribution >= 4 is 5.97 Å². The van der Waals surface area contributed by atoms with Gasteiger partial charge in [-0.3, -0.25) is 0 Å². The van der Waals surface area contributed by atoms with Gasteiger partial charge < -0.3 is 19.1 Å². The van der Waals surface area contributed by atoms with Crippen molar-refractivity contribution < 1.29 is 23.9 Å². The quantitative estimate of drug-likeness (QED) is 0.872. The lowest BCUT2D eigenvalue weighted by Gasteiger charge is -2.06. The van der Waals surface area contributed by atoms with Crippen LogP contribution in [0.3, 0.4) is 0 Å². The van der Waals surface area contributed by atoms with Gasteiger partial charge in [-0.1, -0.05) is 11.2 Å². The number of hydrogen-bond acceptors (Lipinski definition) is 5. The monoisotopic (exact) mass is 249 g/mol. The fraction of sp³-hybridized carbons (Fsp3) is 0.167. The molecule has 0 saturated heterocycles. The lowest BCUT2D eigenvalue weighted by Crippen LogP contribution is -2.02. The molecule has 0 atom stereocenters. The third-order valence-corrected chi connectivity index (χ3v) is 2.27. The number of carboxylic acids is 1. The topological polar surface area (TPSA) is 81.8 Å². The van der Waals surface area contributed by atoms with Gasteiger partial charge >= 0.3 is 5.97 Å². The fourth-order valence-corrected chi connectivity index (χ4v) is 1.39. The predicted octanol–water partition coefficient (Wildman–Crippen LogP) is 1.96. The molecule has 2 rings (SSSR count). The highest BCUT2D eigenvalue weighted by atomic mass is 16.5. The van der Waals surface area contributed by atoms with Crippen LogP contribution in [0.2, 0.25) is 0 Å². The molecule has 0 amide bonds. The molecule has 0 spiro atoms. The maximum absolute atomic E-state index is 10.8. The number of nitrogens with zero attached hydrogens (tertiary/aromatic N) is 1. The Morgan fingerprint density at radius 3 is 2.94 bits per heavy atom. The van der Waals surface area contributed by atoms with Crippen LogP contribution in [0.1, 0.15) is 16.1 Å². The summed E-state index contributed by atoms with van der Waals surface area (Å²) in [5, 5.41) is 12.3. The molecular weight excluding hydrogens is 238 g/mol. The molecule has 2 aromatic rings. The Morgan fingerprint density at radius 2 is 2.22 bits per heavy atom. The first-order chi connectivity index (χ1) is 8.70. The zero-order chi connectivity index (χ0) is 13.0. The van der Waals surface area contributed by atoms with E-state index in [-0.39, 0.29) is 12.4 Å². The van der Waals surface area contributed by atoms with E-state index in [9.17, 15) is 4.79 Å². The van der Waals surface area contributed by atoms with Crippen LogP contribution in [0.15, 0.2) is 35.0 Å². The maximum Gasteiger partial charge on any atom is 0.375 e. The second-order valence-corrected chi connectivity index (χ2v) is 3.45. The summed E-state index contributed by atoms with van der Waals surface area (Å²) in [6.07, 6.45) is 1.32. The fourth-order valence-electron chi connectivity index (χ4n) is 1.39. The first kappa shape index (κ1) is 12.0. The normalized spacial score (nSPS) is 10.1. The summed E-state index contributed by atoms with van der Waals surface area (Å²) in [4.78, 5) is 10.8. The van der Waals surface area contributed by atoms with Crippen LogP contribution in [0.4, 0.5) is 0 Å². The number of rotatable bonds is 5. The number of methoxy groups -OCH3 is 1. The van der Waals surface area contributed by atoms with E-state index in [4.69, 9.17) is 14.6 Å². The number of hydrogen-bond donors (Lipinski definition) is 1. The minimum absolute atomic E-state index is 0.0678. The lowest BCUT2D eigenvalue weighted by atomic mass is 10.3. The molecule has 0 aliphatic rings. The molecule has 0 fully saturated rings. The van der Waals surface area contributed by atoms with Gasteiger partial charge in [0, 0.05) is 6.07 Å². The second-order valence-electron chi connectivity index (χ2n) is 3.45. The van der Waals surface area contributed by atoms with Gasteiger partial charge in [-0.2, -0.15) is 0 Å². The summed E-state index contributed by atoms with van der Waals surface area (Å²) in [5.74, 6) is -0.141. The molecule has 0 aliphatic heterocycles. The van der Waals surface area contributed by atoms with E-state index in [0.29, 0.717) is 17.1 Å². The largest absolute Gasteiger partial charge is 0.497 e. The molecule has 1 aromatic heterocycles. The van der Waals surface area contributed by atoms with Crippen molar-refractivity contribution in [2.24, 2.45) is 0 Å². The van der Waals surface area contributed by atoms with E-state index in [2.05, 4.69) is 9.68 Å². The molecule has 0 bridgehead atoms. The zero-order valence-corrected chi connectivity index (χ0v) is 9.62. The first-order valence-corrected chi connectivity index (χ1v) is 5.14. The lowest BCUT2D eigenvalue weighted by molar-refractivity contribution is 0.0648. The molecule has 1 aromatic carbocycles. The number of benzene rings is 1. The molecule has 1 heterocycles. The third kappa shape index (κ3) is 2.60. The SMILES string of the molecule is COc1cccc(OCc2cnoc2C(=O)O)c1. The summed E-state index contributed by atoms with van der Waals surface area (Å²) in [7, 11) is 1.56. The second kappa shape index (κ2) is 5.22. The maximum atomic E-state index is 10.8. The number of carboxylic acid groups (broad SMARTS) is 1. The highest BCUT2D eigenvalue weighted by molar-refractivity contribution is 5.85. The Kier molecular flexibility index (Phi) is 3.47. The molecule has 6 heteroatoms. The third-order valence-electron chi connectivity index (χ3n) is 2.27. The van der Waals surface area contributed by atoms with Crippen LogP contribution in [0.5, 0.6) is 11.5 Å². The Bertz CT molecular complexity index is 549. The van der Waals surface area contributed by atoms with Crippen molar-refractivity contribution in [3.8, 4) is 11.5 Å². The summed E-state index contributed by atoms with van der Waals surface area (Å²) < 4.78 is 15.1. The smallest absolute Gasteiger partial charge is 0.375 e. The zero-order valence-electron chi connectivity index (χ0n) is 9.62. The van der Waals surface area contributed by atoms with Crippen molar-refractivity contribution in [3.05, 3.63) is 41.8 Å². The summed E-state index contributed by atoms with van der Waals surface area (Å²) in [6.45, 7) is 0.0678. The first-order valence-electron chi connectivity index (χ1n) is 5.14. The van der Waals surface area contributed by atoms with E-state index >= 15 is 0 Å². The minimum atomic E-state index is -1.17. The predicted molar refractivity (Wildman–Crippen MR) is 60.8 cm³/mol. The molecular formula is C12H11NO5. The van der Waals surface area contributed by atoms with E-state index in [0.717, 1.165) is 0 Å². The Balaban J connectivity index is 2.06. The van der Waals surface area contributed by atoms with Crippen molar-refractivity contribution in [2.75, 3.05) is 7.11 Å². The van der Waals surface area contributed by atoms with E-state index in [1.165, 1.54) is 6.20 Å². The van der Waals surface area contributed by atoms with E-state index in [1.807, 2.05) is 0 Å². The van der Waals surface area contributed by atoms with Gasteiger partial charge in [-0.05, 0) is 12.1 Å². The van der Waals surface area contributed by atoms with Gasteiger partial charge in [0.05, 0.1) is 18.9 Å². The van der Waals surface area contributed by atoms with Crippen LogP contribution in [0.25, 0.3) is 0 Å². The number of carbonyl (C=O) groups is 1. The standard InChI is InChI=1S/C12H11NO5/c1-16-9-3-2-4-10(5-9)17-7-8-6-13-18-11(8)12(14)15/h2-6H,7H2,1H3,(H,14,15). The summed E-state index contributed by atoms with van der Waals surface area (Å²) >= 11 is 0. The number of aromatic nitrogens is 1. The Morgan fingerprint density at radius 1 is 1.44 bits per heavy atom. The Hall–Kier alpha value is -2.50. The van der Waals surface area contributed by atoms with E-state index in [1.54, 1.807) is 31.4 Å². The van der Waals surface area contributed by atoms with Gasteiger partial charge in [0.2, 0.25) is 0 Å². The molecule has 0 radical (unpaired) electrons. The molecule has 6 nitrogen and oxygen atoms in total. The number of aromatic carboxylic acids is 1. The molecule has 0 aliphatic carbocycles. The number of ether oxygens (including phenoxy) is 2. The van der Waals surface area contributed by atoms with Gasteiger partial charge in [0.25, 0.3) is 5.76 Å². The van der Waals surface area contributed by atoms with Crippen molar-refractivity contribution in [1.82, 2.24) is 5.16 Å². The van der Waals surface area contributed by atoms with Crippen LogP contribution in [-0.2, 0) is 6.61 Å². The molecule has 18 heavy (non-hydrogen) atoms. The highest BCUT2D eigenvalue weighted by Gasteiger charge is 2.16. The van der Waals surface area contributed by atoms with Crippen LogP contribution in [0, 0.1) is 0 Å². The van der Waals surface area contributed by atoms with Crippen molar-refractivity contribution in [1.29, 1.82) is 0 Å². The average Bonchev–Trinajstić information content (AvgIpc) is 2.85. The van der Waals surface area contributed by atoms with Gasteiger partial charge in [0.15, 0.2) is 0 Å². The van der Waals surface area contributed by atoms with Gasteiger partial charge in [-0.15, -0.1) is 0 Å². The molecule has 1 N–H and O–H groups in total. The summed E-state index contributed by atoms with van der Waals surface area (Å²) in [6, 6.07) is 7.01. The van der Waals surface area contributed by atoms with Crippen LogP contribution >= 0.6 is 0 Å². The van der Waals surface area contributed by atoms with Gasteiger partial charge in [0.1, 0.15) is 18.1 Å². The average molecular weight is 249 g/mol. The van der Waals surface area contributed by atoms with Crippen molar-refractivity contribution in [2.45, 2.75) is 6.61 Å². The highest BCUT2D eigenvalue weighted by Crippen LogP contribution is 2.20. The van der Waals surface area contributed by atoms with Crippen LogP contribution < -0.4 is 9.47 Å². The Labute approximate surface area is 103 Å². The molecule has 0 unspecified atom stereocenters. The van der Waals surface area contributed by atoms with E-state index < -0.39 is 5.97 Å². The van der Waals surface area contributed by atoms with Crippen LogP contribution in [-0.4, -0.2) is 23.3 Å². The van der Waals surface area contributed by atoms with Crippen molar-refractivity contribution in [3.63, 3.8) is 0 Å². The summed E-state index contributed by atoms with van der Waals surface area (Å²) in [5.41, 5.74) is 0.380. The minimum Gasteiger partial charge on any atom is -0.497 e. The van der Waals surface area contributed by atoms with Gasteiger partial charge in [-0.25, -0.2) is 4.79 Å².